The van der Waals surface area contributed by atoms with Crippen LogP contribution >= 0.6 is 0 Å². The predicted molar refractivity (Wildman–Crippen MR) is 48.9 cm³/mol. The Morgan fingerprint density at radius 2 is 2.07 bits per heavy atom. The third kappa shape index (κ3) is 3.16. The minimum absolute atomic E-state index is 0.0606. The summed E-state index contributed by atoms with van der Waals surface area (Å²) in [4.78, 5) is 10.4. The lowest BCUT2D eigenvalue weighted by molar-refractivity contribution is -0.131. The Kier molecular flexibility index (Phi) is 3.54. The number of anilines is 1. The van der Waals surface area contributed by atoms with Crippen molar-refractivity contribution in [1.82, 2.24) is 5.43 Å². The van der Waals surface area contributed by atoms with E-state index in [1.807, 2.05) is 0 Å². The summed E-state index contributed by atoms with van der Waals surface area (Å²) in [6.45, 7) is 1.69. The number of rotatable bonds is 3. The summed E-state index contributed by atoms with van der Waals surface area (Å²) >= 11 is 0. The molecule has 0 saturated carbocycles. The summed E-state index contributed by atoms with van der Waals surface area (Å²) in [6.07, 6.45) is -3.13. The first kappa shape index (κ1) is 11.4. The maximum absolute atomic E-state index is 13.1. The van der Waals surface area contributed by atoms with Crippen molar-refractivity contribution in [3.63, 3.8) is 0 Å². The fraction of sp³-hybridized carbons (Fsp3) is 0.222. The van der Waals surface area contributed by atoms with E-state index in [4.69, 9.17) is 0 Å². The highest BCUT2D eigenvalue weighted by Gasteiger charge is 2.14. The van der Waals surface area contributed by atoms with Gasteiger partial charge in [-0.05, 0) is 24.6 Å². The number of benzene rings is 1. The van der Waals surface area contributed by atoms with Crippen LogP contribution in [0.25, 0.3) is 0 Å². The Bertz CT molecular complexity index is 368. The van der Waals surface area contributed by atoms with Crippen molar-refractivity contribution >= 4 is 11.6 Å². The van der Waals surface area contributed by atoms with E-state index in [0.717, 1.165) is 0 Å². The van der Waals surface area contributed by atoms with Crippen LogP contribution in [0.1, 0.15) is 5.56 Å². The third-order valence-corrected chi connectivity index (χ3v) is 1.64. The average molecular weight is 218 g/mol. The lowest BCUT2D eigenvalue weighted by Gasteiger charge is -2.08. The van der Waals surface area contributed by atoms with E-state index in [-0.39, 0.29) is 5.69 Å². The van der Waals surface area contributed by atoms with E-state index < -0.39 is 18.1 Å². The highest BCUT2D eigenvalue weighted by Crippen LogP contribution is 2.13. The van der Waals surface area contributed by atoms with Gasteiger partial charge in [0.1, 0.15) is 5.82 Å². The molecule has 0 heterocycles. The number of hydrogen-bond acceptors (Lipinski definition) is 2. The zero-order chi connectivity index (χ0) is 11.4. The summed E-state index contributed by atoms with van der Waals surface area (Å²) in [5.41, 5.74) is 4.38. The van der Waals surface area contributed by atoms with Crippen LogP contribution in [-0.4, -0.2) is 12.3 Å². The SMILES string of the molecule is Cc1ccc(NNC(=O)C(F)F)c(F)c1. The lowest BCUT2D eigenvalue weighted by atomic mass is 10.2. The zero-order valence-corrected chi connectivity index (χ0v) is 7.85. The van der Waals surface area contributed by atoms with Gasteiger partial charge in [0.15, 0.2) is 0 Å². The van der Waals surface area contributed by atoms with Crippen molar-refractivity contribution < 1.29 is 18.0 Å². The van der Waals surface area contributed by atoms with Gasteiger partial charge in [-0.3, -0.25) is 15.6 Å². The molecule has 0 aliphatic carbocycles. The second-order valence-electron chi connectivity index (χ2n) is 2.90. The molecule has 82 valence electrons. The van der Waals surface area contributed by atoms with Crippen molar-refractivity contribution in [1.29, 1.82) is 0 Å². The Labute approximate surface area is 84.3 Å². The first-order valence-electron chi connectivity index (χ1n) is 4.11. The van der Waals surface area contributed by atoms with Crippen LogP contribution < -0.4 is 10.9 Å². The Morgan fingerprint density at radius 3 is 2.60 bits per heavy atom. The molecule has 0 spiro atoms. The summed E-state index contributed by atoms with van der Waals surface area (Å²) in [5, 5.41) is 0. The van der Waals surface area contributed by atoms with Gasteiger partial charge in [0.05, 0.1) is 5.69 Å². The minimum atomic E-state index is -3.13. The minimum Gasteiger partial charge on any atom is -0.295 e. The summed E-state index contributed by atoms with van der Waals surface area (Å²) in [5.74, 6) is -2.13. The van der Waals surface area contributed by atoms with Crippen LogP contribution in [0.4, 0.5) is 18.9 Å². The molecule has 0 atom stereocenters. The number of hydrazine groups is 1. The number of halogens is 3. The molecule has 1 aromatic carbocycles. The molecule has 0 bridgehead atoms. The fourth-order valence-corrected chi connectivity index (χ4v) is 0.905. The molecule has 1 aromatic rings. The van der Waals surface area contributed by atoms with Gasteiger partial charge in [-0.2, -0.15) is 8.78 Å². The molecule has 0 radical (unpaired) electrons. The zero-order valence-electron chi connectivity index (χ0n) is 7.85. The van der Waals surface area contributed by atoms with E-state index in [9.17, 15) is 18.0 Å². The highest BCUT2D eigenvalue weighted by molar-refractivity contribution is 5.80. The molecule has 6 heteroatoms. The average Bonchev–Trinajstić information content (AvgIpc) is 2.15. The van der Waals surface area contributed by atoms with E-state index in [1.165, 1.54) is 12.1 Å². The normalized spacial score (nSPS) is 10.2. The van der Waals surface area contributed by atoms with E-state index in [0.29, 0.717) is 5.56 Å². The number of carbonyl (C=O) groups is 1. The van der Waals surface area contributed by atoms with E-state index >= 15 is 0 Å². The maximum atomic E-state index is 13.1. The molecule has 0 unspecified atom stereocenters. The topological polar surface area (TPSA) is 41.1 Å². The number of nitrogens with one attached hydrogen (secondary N) is 2. The molecule has 1 amide bonds. The second kappa shape index (κ2) is 4.68. The van der Waals surface area contributed by atoms with Gasteiger partial charge in [-0.25, -0.2) is 4.39 Å². The first-order chi connectivity index (χ1) is 7.00. The highest BCUT2D eigenvalue weighted by atomic mass is 19.3. The quantitative estimate of drug-likeness (QED) is 0.760. The van der Waals surface area contributed by atoms with Crippen LogP contribution in [0.3, 0.4) is 0 Å². The van der Waals surface area contributed by atoms with Crippen LogP contribution in [-0.2, 0) is 4.79 Å². The smallest absolute Gasteiger partial charge is 0.295 e. The molecule has 0 fully saturated rings. The van der Waals surface area contributed by atoms with Gasteiger partial charge in [-0.15, -0.1) is 0 Å². The van der Waals surface area contributed by atoms with Gasteiger partial charge in [0.2, 0.25) is 0 Å². The van der Waals surface area contributed by atoms with Crippen molar-refractivity contribution in [3.8, 4) is 0 Å². The summed E-state index contributed by atoms with van der Waals surface area (Å²) < 4.78 is 36.6. The van der Waals surface area contributed by atoms with Gasteiger partial charge in [0, 0.05) is 0 Å². The number of hydrogen-bond donors (Lipinski definition) is 2. The van der Waals surface area contributed by atoms with Gasteiger partial charge < -0.3 is 0 Å². The fourth-order valence-electron chi connectivity index (χ4n) is 0.905. The van der Waals surface area contributed by atoms with Gasteiger partial charge >= 0.3 is 12.3 Å². The van der Waals surface area contributed by atoms with Gasteiger partial charge in [-0.1, -0.05) is 6.07 Å². The molecule has 2 N–H and O–H groups in total. The van der Waals surface area contributed by atoms with Crippen LogP contribution in [0.15, 0.2) is 18.2 Å². The number of amides is 1. The second-order valence-corrected chi connectivity index (χ2v) is 2.90. The maximum Gasteiger partial charge on any atom is 0.317 e. The molecule has 0 aromatic heterocycles. The van der Waals surface area contributed by atoms with Crippen LogP contribution in [0.2, 0.25) is 0 Å². The van der Waals surface area contributed by atoms with E-state index in [2.05, 4.69) is 5.43 Å². The van der Waals surface area contributed by atoms with Crippen molar-refractivity contribution in [2.24, 2.45) is 0 Å². The molecule has 3 nitrogen and oxygen atoms in total. The van der Waals surface area contributed by atoms with E-state index in [1.54, 1.807) is 18.4 Å². The summed E-state index contributed by atoms with van der Waals surface area (Å²) in [6, 6.07) is 4.15. The molecular formula is C9H9F3N2O. The summed E-state index contributed by atoms with van der Waals surface area (Å²) in [7, 11) is 0. The molecule has 15 heavy (non-hydrogen) atoms. The third-order valence-electron chi connectivity index (χ3n) is 1.64. The van der Waals surface area contributed by atoms with Crippen LogP contribution in [0.5, 0.6) is 0 Å². The molecule has 0 aliphatic rings. The molecule has 0 saturated heterocycles. The van der Waals surface area contributed by atoms with Crippen LogP contribution in [0, 0.1) is 12.7 Å². The first-order valence-corrected chi connectivity index (χ1v) is 4.11. The molecule has 0 aliphatic heterocycles. The molecule has 1 rings (SSSR count). The largest absolute Gasteiger partial charge is 0.317 e. The van der Waals surface area contributed by atoms with Crippen molar-refractivity contribution in [2.75, 3.05) is 5.43 Å². The van der Waals surface area contributed by atoms with Crippen molar-refractivity contribution in [3.05, 3.63) is 29.6 Å². The Hall–Kier alpha value is -1.72. The number of aryl methyl sites for hydroxylation is 1. The monoisotopic (exact) mass is 218 g/mol. The predicted octanol–water partition coefficient (Wildman–Crippen LogP) is 1.84. The Balaban J connectivity index is 2.62. The van der Waals surface area contributed by atoms with Gasteiger partial charge in [0.25, 0.3) is 0 Å². The standard InChI is InChI=1S/C9H9F3N2O/c1-5-2-3-7(6(10)4-5)13-14-9(15)8(11)12/h2-4,8,13H,1H3,(H,14,15). The number of carbonyl (C=O) groups excluding carboxylic acids is 1. The molecular weight excluding hydrogens is 209 g/mol. The number of alkyl halides is 2. The lowest BCUT2D eigenvalue weighted by Crippen LogP contribution is -2.34. The van der Waals surface area contributed by atoms with Crippen molar-refractivity contribution in [2.45, 2.75) is 13.3 Å². The Morgan fingerprint density at radius 1 is 1.40 bits per heavy atom.